The molecule has 0 saturated carbocycles. The van der Waals surface area contributed by atoms with Gasteiger partial charge in [-0.25, -0.2) is 13.1 Å². The van der Waals surface area contributed by atoms with Gasteiger partial charge in [0.25, 0.3) is 5.69 Å². The average Bonchev–Trinajstić information content (AvgIpc) is 2.56. The molecule has 0 atom stereocenters. The Morgan fingerprint density at radius 1 is 1.12 bits per heavy atom. The molecule has 0 unspecified atom stereocenters. The van der Waals surface area contributed by atoms with Gasteiger partial charge in [-0.3, -0.25) is 10.1 Å². The standard InChI is InChI=1S/C15H14F2N2O5S/c16-15(17)24-12-7-5-11(6-8-12)9-10-18-25(22,23)14-4-2-1-3-13(14)19(20)21/h1-8,15,18H,9-10H2. The number of benzene rings is 2. The van der Waals surface area contributed by atoms with Crippen LogP contribution in [0.2, 0.25) is 0 Å². The number of nitrogens with one attached hydrogen (secondary N) is 1. The van der Waals surface area contributed by atoms with Crippen LogP contribution in [0.15, 0.2) is 53.4 Å². The predicted molar refractivity (Wildman–Crippen MR) is 85.1 cm³/mol. The van der Waals surface area contributed by atoms with E-state index in [0.717, 1.165) is 12.1 Å². The fourth-order valence-electron chi connectivity index (χ4n) is 2.08. The molecule has 0 aromatic heterocycles. The summed E-state index contributed by atoms with van der Waals surface area (Å²) in [5.41, 5.74) is 0.176. The minimum Gasteiger partial charge on any atom is -0.435 e. The lowest BCUT2D eigenvalue weighted by atomic mass is 10.1. The van der Waals surface area contributed by atoms with E-state index in [4.69, 9.17) is 0 Å². The second-order valence-electron chi connectivity index (χ2n) is 4.90. The molecular formula is C15H14F2N2O5S. The van der Waals surface area contributed by atoms with Crippen LogP contribution in [0.5, 0.6) is 5.75 Å². The lowest BCUT2D eigenvalue weighted by Crippen LogP contribution is -2.26. The van der Waals surface area contributed by atoms with Crippen molar-refractivity contribution >= 4 is 15.7 Å². The molecule has 0 aliphatic heterocycles. The van der Waals surface area contributed by atoms with Crippen LogP contribution in [0.25, 0.3) is 0 Å². The van der Waals surface area contributed by atoms with Crippen molar-refractivity contribution in [2.45, 2.75) is 17.9 Å². The van der Waals surface area contributed by atoms with Crippen LogP contribution in [0.3, 0.4) is 0 Å². The molecule has 2 aromatic carbocycles. The van der Waals surface area contributed by atoms with Crippen LogP contribution in [-0.4, -0.2) is 26.5 Å². The van der Waals surface area contributed by atoms with Crippen LogP contribution < -0.4 is 9.46 Å². The zero-order chi connectivity index (χ0) is 18.4. The van der Waals surface area contributed by atoms with E-state index in [0.29, 0.717) is 5.56 Å². The number of alkyl halides is 2. The monoisotopic (exact) mass is 372 g/mol. The first-order chi connectivity index (χ1) is 11.8. The van der Waals surface area contributed by atoms with E-state index >= 15 is 0 Å². The fraction of sp³-hybridized carbons (Fsp3) is 0.200. The Labute approximate surface area is 142 Å². The first kappa shape index (κ1) is 18.7. The Balaban J connectivity index is 2.00. The maximum absolute atomic E-state index is 12.2. The van der Waals surface area contributed by atoms with E-state index in [-0.39, 0.29) is 18.7 Å². The first-order valence-electron chi connectivity index (χ1n) is 7.06. The maximum Gasteiger partial charge on any atom is 0.387 e. The third kappa shape index (κ3) is 5.19. The normalized spacial score (nSPS) is 11.5. The first-order valence-corrected chi connectivity index (χ1v) is 8.55. The van der Waals surface area contributed by atoms with Gasteiger partial charge >= 0.3 is 6.61 Å². The summed E-state index contributed by atoms with van der Waals surface area (Å²) in [5.74, 6) is -0.000703. The molecule has 10 heteroatoms. The molecule has 0 aliphatic carbocycles. The van der Waals surface area contributed by atoms with Crippen molar-refractivity contribution < 1.29 is 26.9 Å². The van der Waals surface area contributed by atoms with E-state index in [2.05, 4.69) is 9.46 Å². The van der Waals surface area contributed by atoms with Crippen molar-refractivity contribution in [2.24, 2.45) is 0 Å². The summed E-state index contributed by atoms with van der Waals surface area (Å²) in [6, 6.07) is 10.8. The van der Waals surface area contributed by atoms with Crippen molar-refractivity contribution in [1.82, 2.24) is 4.72 Å². The molecule has 2 aromatic rings. The molecule has 0 spiro atoms. The molecule has 0 saturated heterocycles. The lowest BCUT2D eigenvalue weighted by Gasteiger charge is -2.08. The fourth-order valence-corrected chi connectivity index (χ4v) is 3.28. The van der Waals surface area contributed by atoms with Crippen molar-refractivity contribution in [3.05, 3.63) is 64.2 Å². The van der Waals surface area contributed by atoms with Gasteiger partial charge in [0, 0.05) is 12.6 Å². The zero-order valence-corrected chi connectivity index (χ0v) is 13.6. The third-order valence-corrected chi connectivity index (χ3v) is 4.71. The highest BCUT2D eigenvalue weighted by Crippen LogP contribution is 2.22. The number of para-hydroxylation sites is 1. The number of halogens is 2. The van der Waals surface area contributed by atoms with Gasteiger partial charge in [-0.1, -0.05) is 24.3 Å². The molecule has 0 radical (unpaired) electrons. The quantitative estimate of drug-likeness (QED) is 0.567. The smallest absolute Gasteiger partial charge is 0.387 e. The minimum atomic E-state index is -4.05. The molecule has 7 nitrogen and oxygen atoms in total. The van der Waals surface area contributed by atoms with Gasteiger partial charge in [0.2, 0.25) is 10.0 Å². The van der Waals surface area contributed by atoms with Crippen molar-refractivity contribution in [1.29, 1.82) is 0 Å². The van der Waals surface area contributed by atoms with E-state index < -0.39 is 32.1 Å². The van der Waals surface area contributed by atoms with Crippen molar-refractivity contribution in [2.75, 3.05) is 6.54 Å². The summed E-state index contributed by atoms with van der Waals surface area (Å²) in [6.45, 7) is -2.93. The molecule has 0 heterocycles. The summed E-state index contributed by atoms with van der Waals surface area (Å²) in [5, 5.41) is 10.9. The Hall–Kier alpha value is -2.59. The largest absolute Gasteiger partial charge is 0.435 e. The van der Waals surface area contributed by atoms with Crippen molar-refractivity contribution in [3.63, 3.8) is 0 Å². The van der Waals surface area contributed by atoms with Crippen LogP contribution in [0, 0.1) is 10.1 Å². The van der Waals surface area contributed by atoms with E-state index in [9.17, 15) is 27.3 Å². The number of hydrogen-bond donors (Lipinski definition) is 1. The lowest BCUT2D eigenvalue weighted by molar-refractivity contribution is -0.387. The van der Waals surface area contributed by atoms with Gasteiger partial charge in [-0.05, 0) is 30.2 Å². The highest BCUT2D eigenvalue weighted by molar-refractivity contribution is 7.89. The Bertz CT molecular complexity index is 841. The van der Waals surface area contributed by atoms with Gasteiger partial charge < -0.3 is 4.74 Å². The molecule has 25 heavy (non-hydrogen) atoms. The van der Waals surface area contributed by atoms with Crippen LogP contribution in [0.4, 0.5) is 14.5 Å². The van der Waals surface area contributed by atoms with Crippen molar-refractivity contribution in [3.8, 4) is 5.75 Å². The summed E-state index contributed by atoms with van der Waals surface area (Å²) >= 11 is 0. The van der Waals surface area contributed by atoms with E-state index in [1.54, 1.807) is 0 Å². The minimum absolute atomic E-state index is 0.000703. The third-order valence-electron chi connectivity index (χ3n) is 3.21. The van der Waals surface area contributed by atoms with Crippen LogP contribution in [0.1, 0.15) is 5.56 Å². The Morgan fingerprint density at radius 3 is 2.36 bits per heavy atom. The SMILES string of the molecule is O=[N+]([O-])c1ccccc1S(=O)(=O)NCCc1ccc(OC(F)F)cc1. The second-order valence-corrected chi connectivity index (χ2v) is 6.63. The topological polar surface area (TPSA) is 98.5 Å². The molecule has 0 amide bonds. The number of nitro benzene ring substituents is 1. The maximum atomic E-state index is 12.2. The zero-order valence-electron chi connectivity index (χ0n) is 12.8. The summed E-state index contributed by atoms with van der Waals surface area (Å²) in [4.78, 5) is 9.74. The number of hydrogen-bond acceptors (Lipinski definition) is 5. The number of rotatable bonds is 8. The average molecular weight is 372 g/mol. The number of nitro groups is 1. The highest BCUT2D eigenvalue weighted by atomic mass is 32.2. The molecule has 134 valence electrons. The molecule has 0 fully saturated rings. The predicted octanol–water partition coefficient (Wildman–Crippen LogP) is 2.72. The van der Waals surface area contributed by atoms with E-state index in [1.807, 2.05) is 0 Å². The van der Waals surface area contributed by atoms with Gasteiger partial charge in [0.05, 0.1) is 4.92 Å². The number of nitrogens with zero attached hydrogens (tertiary/aromatic N) is 1. The van der Waals surface area contributed by atoms with Crippen LogP contribution in [-0.2, 0) is 16.4 Å². The molecular weight excluding hydrogens is 358 g/mol. The molecule has 1 N–H and O–H groups in total. The molecule has 0 bridgehead atoms. The Morgan fingerprint density at radius 2 is 1.76 bits per heavy atom. The second kappa shape index (κ2) is 7.99. The van der Waals surface area contributed by atoms with Gasteiger partial charge in [0.1, 0.15) is 5.75 Å². The van der Waals surface area contributed by atoms with Gasteiger partial charge in [0.15, 0.2) is 4.90 Å². The molecule has 2 rings (SSSR count). The molecule has 0 aliphatic rings. The van der Waals surface area contributed by atoms with Gasteiger partial charge in [-0.15, -0.1) is 0 Å². The van der Waals surface area contributed by atoms with Crippen LogP contribution >= 0.6 is 0 Å². The number of sulfonamides is 1. The summed E-state index contributed by atoms with van der Waals surface area (Å²) < 4.78 is 55.0. The highest BCUT2D eigenvalue weighted by Gasteiger charge is 2.24. The Kier molecular flexibility index (Phi) is 5.99. The number of ether oxygens (including phenoxy) is 1. The summed E-state index contributed by atoms with van der Waals surface area (Å²) in [6.07, 6.45) is 0.273. The van der Waals surface area contributed by atoms with Gasteiger partial charge in [-0.2, -0.15) is 8.78 Å². The van der Waals surface area contributed by atoms with E-state index in [1.165, 1.54) is 36.4 Å². The summed E-state index contributed by atoms with van der Waals surface area (Å²) in [7, 11) is -4.05.